The van der Waals surface area contributed by atoms with Crippen molar-refractivity contribution in [3.63, 3.8) is 0 Å². The van der Waals surface area contributed by atoms with Crippen molar-refractivity contribution < 1.29 is 14.3 Å². The third kappa shape index (κ3) is 1.86. The molecule has 0 amide bonds. The van der Waals surface area contributed by atoms with Crippen LogP contribution in [0.5, 0.6) is 11.5 Å². The van der Waals surface area contributed by atoms with Gasteiger partial charge in [-0.25, -0.2) is 4.98 Å². The topological polar surface area (TPSA) is 48.4 Å². The largest absolute Gasteiger partial charge is 0.486 e. The molecule has 92 valence electrons. The van der Waals surface area contributed by atoms with Gasteiger partial charge in [0.1, 0.15) is 13.2 Å². The lowest BCUT2D eigenvalue weighted by Gasteiger charge is -2.18. The Bertz CT molecular complexity index is 606. The van der Waals surface area contributed by atoms with Gasteiger partial charge in [0.2, 0.25) is 0 Å². The van der Waals surface area contributed by atoms with Crippen molar-refractivity contribution in [3.8, 4) is 22.8 Å². The monoisotopic (exact) mass is 261 g/mol. The molecular weight excluding hydrogens is 250 g/mol. The molecule has 2 heterocycles. The Morgan fingerprint density at radius 2 is 2.06 bits per heavy atom. The number of hydrogen-bond donors (Lipinski definition) is 0. The molecule has 0 saturated heterocycles. The predicted molar refractivity (Wildman–Crippen MR) is 68.7 cm³/mol. The first-order valence-electron chi connectivity index (χ1n) is 5.60. The lowest BCUT2D eigenvalue weighted by molar-refractivity contribution is 0.112. The fraction of sp³-hybridized carbons (Fsp3) is 0.231. The molecule has 1 aromatic heterocycles. The van der Waals surface area contributed by atoms with Crippen molar-refractivity contribution in [1.82, 2.24) is 4.98 Å². The molecule has 0 N–H and O–H groups in total. The maximum absolute atomic E-state index is 11.0. The van der Waals surface area contributed by atoms with Gasteiger partial charge in [0.15, 0.2) is 17.8 Å². The number of aromatic nitrogens is 1. The van der Waals surface area contributed by atoms with E-state index in [9.17, 15) is 4.79 Å². The summed E-state index contributed by atoms with van der Waals surface area (Å²) in [7, 11) is 0. The molecule has 2 aromatic rings. The second-order valence-corrected chi connectivity index (χ2v) is 5.16. The molecule has 0 radical (unpaired) electrons. The molecule has 1 aromatic carbocycles. The zero-order chi connectivity index (χ0) is 12.5. The summed E-state index contributed by atoms with van der Waals surface area (Å²) in [6, 6.07) is 5.62. The quantitative estimate of drug-likeness (QED) is 0.780. The highest BCUT2D eigenvalue weighted by molar-refractivity contribution is 7.13. The number of hydrogen-bond acceptors (Lipinski definition) is 5. The van der Waals surface area contributed by atoms with E-state index in [0.29, 0.717) is 29.5 Å². The van der Waals surface area contributed by atoms with Crippen molar-refractivity contribution in [1.29, 1.82) is 0 Å². The van der Waals surface area contributed by atoms with Gasteiger partial charge in [0.25, 0.3) is 0 Å². The molecular formula is C13H11NO3S. The normalized spacial score (nSPS) is 13.4. The summed E-state index contributed by atoms with van der Waals surface area (Å²) in [4.78, 5) is 16.1. The van der Waals surface area contributed by atoms with Crippen molar-refractivity contribution in [2.45, 2.75) is 6.92 Å². The molecule has 0 bridgehead atoms. The maximum atomic E-state index is 11.0. The Labute approximate surface area is 108 Å². The molecule has 18 heavy (non-hydrogen) atoms. The van der Waals surface area contributed by atoms with Crippen LogP contribution in [0.25, 0.3) is 11.3 Å². The average molecular weight is 261 g/mol. The number of thiazole rings is 1. The number of carbonyl (C=O) groups excluding carboxylic acids is 1. The van der Waals surface area contributed by atoms with E-state index in [1.807, 2.05) is 25.1 Å². The van der Waals surface area contributed by atoms with Gasteiger partial charge in [-0.1, -0.05) is 0 Å². The molecule has 1 aliphatic rings. The number of rotatable bonds is 2. The molecule has 1 aliphatic heterocycles. The van der Waals surface area contributed by atoms with Gasteiger partial charge < -0.3 is 9.47 Å². The summed E-state index contributed by atoms with van der Waals surface area (Å²) in [6.45, 7) is 3.01. The minimum absolute atomic E-state index is 0.549. The van der Waals surface area contributed by atoms with Crippen LogP contribution in [0.2, 0.25) is 0 Å². The van der Waals surface area contributed by atoms with Gasteiger partial charge in [-0.3, -0.25) is 4.79 Å². The molecule has 0 aliphatic carbocycles. The second-order valence-electron chi connectivity index (χ2n) is 3.92. The van der Waals surface area contributed by atoms with E-state index in [1.54, 1.807) is 0 Å². The Hall–Kier alpha value is -1.88. The molecule has 3 rings (SSSR count). The highest BCUT2D eigenvalue weighted by Crippen LogP contribution is 2.36. The lowest BCUT2D eigenvalue weighted by atomic mass is 10.1. The number of nitrogens with zero attached hydrogens (tertiary/aromatic N) is 1. The fourth-order valence-corrected chi connectivity index (χ4v) is 2.68. The van der Waals surface area contributed by atoms with E-state index in [2.05, 4.69) is 4.98 Å². The van der Waals surface area contributed by atoms with Crippen molar-refractivity contribution in [2.24, 2.45) is 0 Å². The minimum atomic E-state index is 0.549. The molecule has 4 nitrogen and oxygen atoms in total. The average Bonchev–Trinajstić information content (AvgIpc) is 2.79. The third-order valence-corrected chi connectivity index (χ3v) is 3.58. The minimum Gasteiger partial charge on any atom is -0.486 e. The summed E-state index contributed by atoms with van der Waals surface area (Å²) in [5.41, 5.74) is 1.59. The van der Waals surface area contributed by atoms with Crippen LogP contribution in [0.1, 0.15) is 14.7 Å². The first-order valence-corrected chi connectivity index (χ1v) is 6.42. The highest BCUT2D eigenvalue weighted by Gasteiger charge is 2.16. The van der Waals surface area contributed by atoms with Gasteiger partial charge in [0, 0.05) is 5.56 Å². The maximum Gasteiger partial charge on any atom is 0.162 e. The number of ether oxygens (including phenoxy) is 2. The molecule has 5 heteroatoms. The van der Waals surface area contributed by atoms with Crippen LogP contribution >= 0.6 is 11.3 Å². The summed E-state index contributed by atoms with van der Waals surface area (Å²) in [5.74, 6) is 1.45. The van der Waals surface area contributed by atoms with Crippen LogP contribution < -0.4 is 9.47 Å². The Kier molecular flexibility index (Phi) is 2.76. The second kappa shape index (κ2) is 4.42. The van der Waals surface area contributed by atoms with Gasteiger partial charge in [-0.05, 0) is 25.1 Å². The van der Waals surface area contributed by atoms with E-state index in [1.165, 1.54) is 11.3 Å². The summed E-state index contributed by atoms with van der Waals surface area (Å²) in [5, 5.41) is 0.877. The predicted octanol–water partition coefficient (Wildman–Crippen LogP) is 2.70. The van der Waals surface area contributed by atoms with Crippen LogP contribution in [0.3, 0.4) is 0 Å². The van der Waals surface area contributed by atoms with Crippen molar-refractivity contribution in [2.75, 3.05) is 13.2 Å². The molecule has 0 spiro atoms. The Morgan fingerprint density at radius 1 is 1.28 bits per heavy atom. The van der Waals surface area contributed by atoms with E-state index in [-0.39, 0.29) is 0 Å². The van der Waals surface area contributed by atoms with Gasteiger partial charge in [-0.2, -0.15) is 0 Å². The zero-order valence-electron chi connectivity index (χ0n) is 9.80. The van der Waals surface area contributed by atoms with E-state index in [0.717, 1.165) is 22.6 Å². The molecule has 0 unspecified atom stereocenters. The lowest BCUT2D eigenvalue weighted by Crippen LogP contribution is -2.15. The fourth-order valence-electron chi connectivity index (χ4n) is 1.92. The van der Waals surface area contributed by atoms with Crippen LogP contribution in [0, 0.1) is 6.92 Å². The molecule has 0 saturated carbocycles. The summed E-state index contributed by atoms with van der Waals surface area (Å²) < 4.78 is 11.0. The first kappa shape index (κ1) is 11.2. The van der Waals surface area contributed by atoms with E-state index < -0.39 is 0 Å². The van der Waals surface area contributed by atoms with Crippen LogP contribution in [0.15, 0.2) is 18.2 Å². The van der Waals surface area contributed by atoms with E-state index >= 15 is 0 Å². The number of carbonyl (C=O) groups is 1. The smallest absolute Gasteiger partial charge is 0.162 e. The number of aryl methyl sites for hydroxylation is 1. The first-order chi connectivity index (χ1) is 8.78. The zero-order valence-corrected chi connectivity index (χ0v) is 10.6. The van der Waals surface area contributed by atoms with Crippen LogP contribution in [0.4, 0.5) is 0 Å². The van der Waals surface area contributed by atoms with Crippen molar-refractivity contribution >= 4 is 17.6 Å². The van der Waals surface area contributed by atoms with Gasteiger partial charge in [-0.15, -0.1) is 11.3 Å². The van der Waals surface area contributed by atoms with Crippen molar-refractivity contribution in [3.05, 3.63) is 28.1 Å². The van der Waals surface area contributed by atoms with Crippen LogP contribution in [-0.4, -0.2) is 24.5 Å². The van der Waals surface area contributed by atoms with E-state index in [4.69, 9.17) is 9.47 Å². The SMILES string of the molecule is Cc1nc(-c2ccc3c(c2)OCCO3)c(C=O)s1. The Balaban J connectivity index is 2.08. The summed E-state index contributed by atoms with van der Waals surface area (Å²) in [6.07, 6.45) is 0.844. The molecule has 0 fully saturated rings. The number of aldehydes is 1. The molecule has 0 atom stereocenters. The standard InChI is InChI=1S/C13H11NO3S/c1-8-14-13(12(7-15)18-8)9-2-3-10-11(6-9)17-5-4-16-10/h2-3,6-7H,4-5H2,1H3. The summed E-state index contributed by atoms with van der Waals surface area (Å²) >= 11 is 1.40. The Morgan fingerprint density at radius 3 is 2.83 bits per heavy atom. The van der Waals surface area contributed by atoms with Gasteiger partial charge >= 0.3 is 0 Å². The van der Waals surface area contributed by atoms with Gasteiger partial charge in [0.05, 0.1) is 15.6 Å². The third-order valence-electron chi connectivity index (χ3n) is 2.68. The number of fused-ring (bicyclic) bond motifs is 1. The van der Waals surface area contributed by atoms with Crippen LogP contribution in [-0.2, 0) is 0 Å². The highest BCUT2D eigenvalue weighted by atomic mass is 32.1. The number of benzene rings is 1.